The molecule has 1 N–H and O–H groups in total. The Hall–Kier alpha value is -0.670. The molecule has 100 valence electrons. The molecule has 0 spiro atoms. The van der Waals surface area contributed by atoms with E-state index in [1.807, 2.05) is 20.8 Å². The second-order valence-electron chi connectivity index (χ2n) is 6.16. The minimum Gasteiger partial charge on any atom is -0.242 e. The van der Waals surface area contributed by atoms with E-state index < -0.39 is 11.0 Å². The number of hydrogen-bond acceptors (Lipinski definition) is 1. The zero-order valence-electron chi connectivity index (χ0n) is 11.7. The molecule has 0 bridgehead atoms. The first-order valence-electron chi connectivity index (χ1n) is 6.66. The average Bonchev–Trinajstić information content (AvgIpc) is 3.11. The molecule has 0 saturated heterocycles. The van der Waals surface area contributed by atoms with Crippen molar-refractivity contribution in [3.05, 3.63) is 35.4 Å². The lowest BCUT2D eigenvalue weighted by Gasteiger charge is -2.22. The highest BCUT2D eigenvalue weighted by molar-refractivity contribution is 7.84. The van der Waals surface area contributed by atoms with Gasteiger partial charge in [0.2, 0.25) is 0 Å². The van der Waals surface area contributed by atoms with Crippen molar-refractivity contribution in [1.82, 2.24) is 4.72 Å². The third-order valence-corrected chi connectivity index (χ3v) is 5.01. The summed E-state index contributed by atoms with van der Waals surface area (Å²) in [5.74, 6) is 0.797. The lowest BCUT2D eigenvalue weighted by Crippen LogP contribution is -2.34. The van der Waals surface area contributed by atoms with Crippen molar-refractivity contribution in [3.8, 4) is 0 Å². The van der Waals surface area contributed by atoms with Gasteiger partial charge in [0.1, 0.15) is 0 Å². The Morgan fingerprint density at radius 3 is 2.22 bits per heavy atom. The van der Waals surface area contributed by atoms with E-state index in [9.17, 15) is 4.21 Å². The largest absolute Gasteiger partial charge is 0.242 e. The molecule has 3 heteroatoms. The molecule has 0 unspecified atom stereocenters. The van der Waals surface area contributed by atoms with Crippen LogP contribution in [-0.2, 0) is 11.0 Å². The molecule has 0 aliphatic heterocycles. The van der Waals surface area contributed by atoms with Crippen LogP contribution in [0.1, 0.15) is 63.6 Å². The predicted octanol–water partition coefficient (Wildman–Crippen LogP) is 3.68. The molecule has 1 saturated carbocycles. The van der Waals surface area contributed by atoms with Crippen LogP contribution >= 0.6 is 0 Å². The quantitative estimate of drug-likeness (QED) is 0.884. The Labute approximate surface area is 113 Å². The van der Waals surface area contributed by atoms with Crippen LogP contribution in [0.5, 0.6) is 0 Å². The fourth-order valence-electron chi connectivity index (χ4n) is 1.88. The third-order valence-electron chi connectivity index (χ3n) is 3.33. The van der Waals surface area contributed by atoms with Gasteiger partial charge in [-0.15, -0.1) is 0 Å². The van der Waals surface area contributed by atoms with E-state index in [1.165, 1.54) is 24.0 Å². The Morgan fingerprint density at radius 1 is 1.22 bits per heavy atom. The van der Waals surface area contributed by atoms with E-state index in [4.69, 9.17) is 0 Å². The van der Waals surface area contributed by atoms with Gasteiger partial charge in [-0.2, -0.15) is 0 Å². The molecular formula is C15H23NOS. The standard InChI is InChI=1S/C15H23NOS/c1-11(16-18(17)15(2,3)4)12-5-7-13(8-6-12)14-9-10-14/h5-8,11,14,16H,9-10H2,1-4H3/t11-,18-/m0/s1. The van der Waals surface area contributed by atoms with E-state index in [0.717, 1.165) is 5.92 Å². The highest BCUT2D eigenvalue weighted by Crippen LogP contribution is 2.40. The summed E-state index contributed by atoms with van der Waals surface area (Å²) < 4.78 is 15.0. The van der Waals surface area contributed by atoms with Gasteiger partial charge in [-0.3, -0.25) is 0 Å². The van der Waals surface area contributed by atoms with Gasteiger partial charge in [0.05, 0.1) is 15.7 Å². The summed E-state index contributed by atoms with van der Waals surface area (Å²) in [4.78, 5) is 0. The summed E-state index contributed by atoms with van der Waals surface area (Å²) in [6, 6.07) is 8.87. The van der Waals surface area contributed by atoms with Crippen LogP contribution in [0, 0.1) is 0 Å². The van der Waals surface area contributed by atoms with Gasteiger partial charge in [0.15, 0.2) is 0 Å². The number of rotatable bonds is 4. The molecule has 1 aromatic rings. The summed E-state index contributed by atoms with van der Waals surface area (Å²) in [6.07, 6.45) is 2.67. The summed E-state index contributed by atoms with van der Waals surface area (Å²) in [5.41, 5.74) is 2.65. The fraction of sp³-hybridized carbons (Fsp3) is 0.600. The molecule has 2 rings (SSSR count). The maximum absolute atomic E-state index is 12.0. The lowest BCUT2D eigenvalue weighted by molar-refractivity contribution is 0.616. The summed E-state index contributed by atoms with van der Waals surface area (Å²) >= 11 is 0. The zero-order valence-corrected chi connectivity index (χ0v) is 12.5. The Kier molecular flexibility index (Phi) is 3.93. The molecule has 1 aliphatic carbocycles. The first kappa shape index (κ1) is 13.8. The lowest BCUT2D eigenvalue weighted by atomic mass is 10.0. The van der Waals surface area contributed by atoms with Gasteiger partial charge in [-0.05, 0) is 57.6 Å². The monoisotopic (exact) mass is 265 g/mol. The second-order valence-corrected chi connectivity index (χ2v) is 8.16. The topological polar surface area (TPSA) is 29.1 Å². The van der Waals surface area contributed by atoms with E-state index in [0.29, 0.717) is 0 Å². The van der Waals surface area contributed by atoms with Crippen LogP contribution in [0.4, 0.5) is 0 Å². The van der Waals surface area contributed by atoms with Crippen molar-refractivity contribution in [1.29, 1.82) is 0 Å². The molecule has 1 aromatic carbocycles. The molecule has 2 atom stereocenters. The highest BCUT2D eigenvalue weighted by atomic mass is 32.2. The maximum atomic E-state index is 12.0. The minimum atomic E-state index is -1.02. The number of hydrogen-bond donors (Lipinski definition) is 1. The fourth-order valence-corrected chi connectivity index (χ4v) is 2.69. The molecule has 0 amide bonds. The first-order chi connectivity index (χ1) is 8.38. The summed E-state index contributed by atoms with van der Waals surface area (Å²) in [5, 5.41) is 0. The van der Waals surface area contributed by atoms with Crippen molar-refractivity contribution >= 4 is 11.0 Å². The molecule has 0 aromatic heterocycles. The van der Waals surface area contributed by atoms with Gasteiger partial charge in [0.25, 0.3) is 0 Å². The Morgan fingerprint density at radius 2 is 1.78 bits per heavy atom. The summed E-state index contributed by atoms with van der Waals surface area (Å²) in [6.45, 7) is 8.02. The molecule has 1 fully saturated rings. The predicted molar refractivity (Wildman–Crippen MR) is 77.9 cm³/mol. The van der Waals surface area contributed by atoms with Crippen LogP contribution < -0.4 is 4.72 Å². The smallest absolute Gasteiger partial charge is 0.0975 e. The Balaban J connectivity index is 2.00. The van der Waals surface area contributed by atoms with Crippen LogP contribution in [0.15, 0.2) is 24.3 Å². The maximum Gasteiger partial charge on any atom is 0.0975 e. The molecule has 1 aliphatic rings. The highest BCUT2D eigenvalue weighted by Gasteiger charge is 2.24. The van der Waals surface area contributed by atoms with Gasteiger partial charge in [-0.25, -0.2) is 8.93 Å². The van der Waals surface area contributed by atoms with Crippen molar-refractivity contribution in [2.75, 3.05) is 0 Å². The average molecular weight is 265 g/mol. The van der Waals surface area contributed by atoms with Gasteiger partial charge in [0, 0.05) is 6.04 Å². The van der Waals surface area contributed by atoms with Crippen LogP contribution in [0.2, 0.25) is 0 Å². The molecule has 18 heavy (non-hydrogen) atoms. The number of nitrogens with one attached hydrogen (secondary N) is 1. The van der Waals surface area contributed by atoms with E-state index >= 15 is 0 Å². The van der Waals surface area contributed by atoms with Crippen LogP contribution in [0.25, 0.3) is 0 Å². The molecule has 2 nitrogen and oxygen atoms in total. The van der Waals surface area contributed by atoms with Crippen LogP contribution in [0.3, 0.4) is 0 Å². The van der Waals surface area contributed by atoms with Gasteiger partial charge in [-0.1, -0.05) is 24.3 Å². The van der Waals surface area contributed by atoms with Crippen molar-refractivity contribution in [2.24, 2.45) is 0 Å². The minimum absolute atomic E-state index is 0.123. The van der Waals surface area contributed by atoms with Gasteiger partial charge < -0.3 is 0 Å². The molecule has 0 radical (unpaired) electrons. The van der Waals surface area contributed by atoms with Crippen molar-refractivity contribution in [2.45, 2.75) is 57.2 Å². The van der Waals surface area contributed by atoms with Gasteiger partial charge >= 0.3 is 0 Å². The second kappa shape index (κ2) is 5.14. The summed E-state index contributed by atoms with van der Waals surface area (Å²) in [7, 11) is -1.02. The Bertz CT molecular complexity index is 429. The normalized spacial score (nSPS) is 19.6. The molecule has 0 heterocycles. The van der Waals surface area contributed by atoms with Crippen LogP contribution in [-0.4, -0.2) is 8.96 Å². The third kappa shape index (κ3) is 3.42. The van der Waals surface area contributed by atoms with E-state index in [1.54, 1.807) is 0 Å². The first-order valence-corrected chi connectivity index (χ1v) is 7.81. The van der Waals surface area contributed by atoms with Crippen molar-refractivity contribution in [3.63, 3.8) is 0 Å². The van der Waals surface area contributed by atoms with E-state index in [2.05, 4.69) is 35.9 Å². The number of benzene rings is 1. The molecular weight excluding hydrogens is 242 g/mol. The SMILES string of the molecule is C[C@H](N[S@@](=O)C(C)(C)C)c1ccc(C2CC2)cc1. The zero-order chi connectivity index (χ0) is 13.3. The van der Waals surface area contributed by atoms with E-state index in [-0.39, 0.29) is 10.8 Å². The van der Waals surface area contributed by atoms with Crippen molar-refractivity contribution < 1.29 is 4.21 Å².